The molecule has 35 heavy (non-hydrogen) atoms. The van der Waals surface area contributed by atoms with Gasteiger partial charge in [0.25, 0.3) is 5.91 Å². The number of aromatic nitrogens is 4. The topological polar surface area (TPSA) is 128 Å². The van der Waals surface area contributed by atoms with E-state index in [1.165, 1.54) is 0 Å². The molecule has 184 valence electrons. The highest BCUT2D eigenvalue weighted by molar-refractivity contribution is 6.12. The SMILES string of the molecule is CN1CCN(C(=O)N2CCN(c3cnccc3NC(=O)c3c(N)nn4cc(F)cnc34)CC2)CC1. The molecule has 13 heteroatoms. The summed E-state index contributed by atoms with van der Waals surface area (Å²) in [5, 5.41) is 6.85. The van der Waals surface area contributed by atoms with E-state index in [0.717, 1.165) is 48.8 Å². The lowest BCUT2D eigenvalue weighted by molar-refractivity contribution is 0.102. The highest BCUT2D eigenvalue weighted by Gasteiger charge is 2.28. The Hall–Kier alpha value is -4.00. The monoisotopic (exact) mass is 482 g/mol. The van der Waals surface area contributed by atoms with Crippen molar-refractivity contribution in [2.24, 2.45) is 0 Å². The lowest BCUT2D eigenvalue weighted by Crippen LogP contribution is -2.56. The maximum absolute atomic E-state index is 13.5. The summed E-state index contributed by atoms with van der Waals surface area (Å²) in [5.74, 6) is -1.14. The van der Waals surface area contributed by atoms with E-state index in [4.69, 9.17) is 5.73 Å². The molecule has 2 aliphatic rings. The number of halogens is 1. The molecule has 5 rings (SSSR count). The Morgan fingerprint density at radius 3 is 2.43 bits per heavy atom. The normalized spacial score (nSPS) is 17.1. The van der Waals surface area contributed by atoms with E-state index in [2.05, 4.69) is 37.2 Å². The van der Waals surface area contributed by atoms with Crippen LogP contribution < -0.4 is 16.0 Å². The molecule has 2 aliphatic heterocycles. The van der Waals surface area contributed by atoms with Gasteiger partial charge >= 0.3 is 6.03 Å². The fourth-order valence-corrected chi connectivity index (χ4v) is 4.41. The number of anilines is 3. The van der Waals surface area contributed by atoms with Gasteiger partial charge in [-0.25, -0.2) is 18.7 Å². The Kier molecular flexibility index (Phi) is 6.07. The van der Waals surface area contributed by atoms with E-state index in [1.54, 1.807) is 18.5 Å². The number of nitrogens with zero attached hydrogens (tertiary/aromatic N) is 8. The first kappa shape index (κ1) is 22.8. The smallest absolute Gasteiger partial charge is 0.320 e. The van der Waals surface area contributed by atoms with Crippen molar-refractivity contribution in [2.75, 3.05) is 75.4 Å². The molecule has 0 atom stereocenters. The molecule has 3 aromatic rings. The van der Waals surface area contributed by atoms with Crippen LogP contribution in [0.1, 0.15) is 10.4 Å². The Balaban J connectivity index is 1.28. The van der Waals surface area contributed by atoms with E-state index >= 15 is 0 Å². The van der Waals surface area contributed by atoms with Crippen LogP contribution in [-0.4, -0.2) is 106 Å². The lowest BCUT2D eigenvalue weighted by Gasteiger charge is -2.40. The van der Waals surface area contributed by atoms with E-state index in [9.17, 15) is 14.0 Å². The van der Waals surface area contributed by atoms with Gasteiger partial charge in [0.05, 0.1) is 30.0 Å². The van der Waals surface area contributed by atoms with Gasteiger partial charge in [-0.15, -0.1) is 5.10 Å². The van der Waals surface area contributed by atoms with E-state index in [0.29, 0.717) is 31.9 Å². The number of nitrogens with two attached hydrogens (primary N) is 1. The van der Waals surface area contributed by atoms with Crippen molar-refractivity contribution in [1.82, 2.24) is 34.3 Å². The van der Waals surface area contributed by atoms with Gasteiger partial charge in [0.15, 0.2) is 17.3 Å². The van der Waals surface area contributed by atoms with Crippen LogP contribution in [0, 0.1) is 5.82 Å². The van der Waals surface area contributed by atoms with Gasteiger partial charge in [-0.05, 0) is 13.1 Å². The Bertz CT molecular complexity index is 1250. The Labute approximate surface area is 201 Å². The molecular weight excluding hydrogens is 455 g/mol. The summed E-state index contributed by atoms with van der Waals surface area (Å²) < 4.78 is 14.6. The standard InChI is InChI=1S/C22H27FN10O2/c1-29-4-6-31(7-5-29)22(35)32-10-8-30(9-11-32)17-13-25-3-2-16(17)27-21(34)18-19(24)28-33-14-15(23)12-26-20(18)33/h2-3,12-14H,4-11H2,1H3,(H2,24,28)(H,25,27,34). The van der Waals surface area contributed by atoms with Crippen LogP contribution >= 0.6 is 0 Å². The minimum atomic E-state index is -0.589. The number of piperazine rings is 2. The number of hydrogen-bond acceptors (Lipinski definition) is 8. The Morgan fingerprint density at radius 1 is 1.03 bits per heavy atom. The summed E-state index contributed by atoms with van der Waals surface area (Å²) in [5.41, 5.74) is 7.44. The summed E-state index contributed by atoms with van der Waals surface area (Å²) in [6.07, 6.45) is 5.38. The molecule has 3 amide bonds. The van der Waals surface area contributed by atoms with Gasteiger partial charge < -0.3 is 30.7 Å². The van der Waals surface area contributed by atoms with Gasteiger partial charge in [-0.3, -0.25) is 9.78 Å². The number of amides is 3. The molecule has 2 saturated heterocycles. The number of nitrogens with one attached hydrogen (secondary N) is 1. The number of carbonyl (C=O) groups excluding carboxylic acids is 2. The molecular formula is C22H27FN10O2. The highest BCUT2D eigenvalue weighted by atomic mass is 19.1. The second-order valence-electron chi connectivity index (χ2n) is 8.69. The maximum Gasteiger partial charge on any atom is 0.320 e. The van der Waals surface area contributed by atoms with Crippen molar-refractivity contribution >= 4 is 34.8 Å². The van der Waals surface area contributed by atoms with Crippen molar-refractivity contribution in [3.05, 3.63) is 42.2 Å². The maximum atomic E-state index is 13.5. The average Bonchev–Trinajstić information content (AvgIpc) is 3.19. The molecule has 0 spiro atoms. The molecule has 3 N–H and O–H groups in total. The zero-order valence-electron chi connectivity index (χ0n) is 19.4. The molecule has 2 fully saturated rings. The zero-order valence-corrected chi connectivity index (χ0v) is 19.4. The summed E-state index contributed by atoms with van der Waals surface area (Å²) >= 11 is 0. The summed E-state index contributed by atoms with van der Waals surface area (Å²) in [7, 11) is 2.06. The minimum Gasteiger partial charge on any atom is -0.381 e. The van der Waals surface area contributed by atoms with E-state index in [1.807, 2.05) is 9.80 Å². The first-order valence-corrected chi connectivity index (χ1v) is 11.4. The van der Waals surface area contributed by atoms with Crippen molar-refractivity contribution in [1.29, 1.82) is 0 Å². The van der Waals surface area contributed by atoms with Gasteiger partial charge in [0.2, 0.25) is 0 Å². The molecule has 0 aliphatic carbocycles. The number of carbonyl (C=O) groups is 2. The van der Waals surface area contributed by atoms with Crippen LogP contribution in [0.15, 0.2) is 30.9 Å². The predicted molar refractivity (Wildman–Crippen MR) is 128 cm³/mol. The van der Waals surface area contributed by atoms with E-state index < -0.39 is 11.7 Å². The fourth-order valence-electron chi connectivity index (χ4n) is 4.41. The molecule has 3 aromatic heterocycles. The summed E-state index contributed by atoms with van der Waals surface area (Å²) in [6, 6.07) is 1.77. The second kappa shape index (κ2) is 9.33. The molecule has 0 radical (unpaired) electrons. The number of fused-ring (bicyclic) bond motifs is 1. The van der Waals surface area contributed by atoms with Crippen LogP contribution in [0.25, 0.3) is 5.65 Å². The molecule has 0 aromatic carbocycles. The minimum absolute atomic E-state index is 0.0489. The van der Waals surface area contributed by atoms with Crippen LogP contribution in [0.5, 0.6) is 0 Å². The molecule has 5 heterocycles. The zero-order chi connectivity index (χ0) is 24.5. The van der Waals surface area contributed by atoms with Gasteiger partial charge in [0.1, 0.15) is 5.56 Å². The number of pyridine rings is 1. The first-order chi connectivity index (χ1) is 16.9. The highest BCUT2D eigenvalue weighted by Crippen LogP contribution is 2.27. The van der Waals surface area contributed by atoms with Gasteiger partial charge in [-0.2, -0.15) is 0 Å². The Morgan fingerprint density at radius 2 is 1.71 bits per heavy atom. The number of rotatable bonds is 3. The number of nitrogen functional groups attached to an aromatic ring is 1. The van der Waals surface area contributed by atoms with Crippen molar-refractivity contribution in [3.63, 3.8) is 0 Å². The molecule has 12 nitrogen and oxygen atoms in total. The van der Waals surface area contributed by atoms with E-state index in [-0.39, 0.29) is 23.1 Å². The number of likely N-dealkylation sites (N-methyl/N-ethyl adjacent to an activating group) is 1. The third kappa shape index (κ3) is 4.54. The third-order valence-electron chi connectivity index (χ3n) is 6.41. The van der Waals surface area contributed by atoms with Crippen LogP contribution in [0.3, 0.4) is 0 Å². The van der Waals surface area contributed by atoms with Gasteiger partial charge in [-0.1, -0.05) is 0 Å². The second-order valence-corrected chi connectivity index (χ2v) is 8.69. The quantitative estimate of drug-likeness (QED) is 0.555. The summed E-state index contributed by atoms with van der Waals surface area (Å²) in [6.45, 7) is 5.60. The largest absolute Gasteiger partial charge is 0.381 e. The average molecular weight is 483 g/mol. The van der Waals surface area contributed by atoms with Crippen molar-refractivity contribution < 1.29 is 14.0 Å². The van der Waals surface area contributed by atoms with Crippen molar-refractivity contribution in [2.45, 2.75) is 0 Å². The van der Waals surface area contributed by atoms with Crippen LogP contribution in [0.4, 0.5) is 26.4 Å². The van der Waals surface area contributed by atoms with Crippen LogP contribution in [-0.2, 0) is 0 Å². The fraction of sp³-hybridized carbons (Fsp3) is 0.409. The number of urea groups is 1. The number of hydrogen-bond donors (Lipinski definition) is 2. The lowest BCUT2D eigenvalue weighted by atomic mass is 10.2. The molecule has 0 saturated carbocycles. The van der Waals surface area contributed by atoms with Crippen molar-refractivity contribution in [3.8, 4) is 0 Å². The van der Waals surface area contributed by atoms with Crippen LogP contribution in [0.2, 0.25) is 0 Å². The van der Waals surface area contributed by atoms with Gasteiger partial charge in [0, 0.05) is 58.6 Å². The molecule has 0 bridgehead atoms. The first-order valence-electron chi connectivity index (χ1n) is 11.4. The third-order valence-corrected chi connectivity index (χ3v) is 6.41. The predicted octanol–water partition coefficient (Wildman–Crippen LogP) is 0.587. The molecule has 0 unspecified atom stereocenters. The summed E-state index contributed by atoms with van der Waals surface area (Å²) in [4.78, 5) is 42.3.